The van der Waals surface area contributed by atoms with E-state index >= 15 is 0 Å². The van der Waals surface area contributed by atoms with E-state index in [0.29, 0.717) is 13.2 Å². The number of benzene rings is 1. The van der Waals surface area contributed by atoms with E-state index in [4.69, 9.17) is 4.74 Å². The van der Waals surface area contributed by atoms with Crippen molar-refractivity contribution in [3.05, 3.63) is 47.2 Å². The predicted molar refractivity (Wildman–Crippen MR) is 102 cm³/mol. The normalized spacial score (nSPS) is 27.9. The lowest BCUT2D eigenvalue weighted by Gasteiger charge is -2.42. The minimum absolute atomic E-state index is 0.0427. The lowest BCUT2D eigenvalue weighted by atomic mass is 9.87. The second-order valence-corrected chi connectivity index (χ2v) is 7.47. The molecule has 1 amide bonds. The number of hydrogen-bond acceptors (Lipinski definition) is 5. The van der Waals surface area contributed by atoms with Gasteiger partial charge in [-0.3, -0.25) is 14.5 Å². The number of carbonyl (C=O) groups is 2. The first-order chi connectivity index (χ1) is 13.2. The van der Waals surface area contributed by atoms with E-state index in [0.717, 1.165) is 36.1 Å². The molecule has 2 heterocycles. The van der Waals surface area contributed by atoms with E-state index in [1.54, 1.807) is 0 Å². The molecule has 1 fully saturated rings. The highest BCUT2D eigenvalue weighted by Crippen LogP contribution is 2.40. The van der Waals surface area contributed by atoms with Gasteiger partial charge in [-0.2, -0.15) is 0 Å². The highest BCUT2D eigenvalue weighted by molar-refractivity contribution is 5.98. The summed E-state index contributed by atoms with van der Waals surface area (Å²) in [5.74, 6) is -0.274. The second-order valence-electron chi connectivity index (χ2n) is 7.47. The molecular weight excluding hydrogens is 342 g/mol. The molecule has 1 aromatic rings. The minimum atomic E-state index is -0.242. The van der Waals surface area contributed by atoms with Crippen LogP contribution >= 0.6 is 0 Å². The predicted octanol–water partition coefficient (Wildman–Crippen LogP) is 1.89. The van der Waals surface area contributed by atoms with E-state index in [1.165, 1.54) is 6.42 Å². The first-order valence-electron chi connectivity index (χ1n) is 9.93. The van der Waals surface area contributed by atoms with Gasteiger partial charge in [-0.25, -0.2) is 0 Å². The molecule has 27 heavy (non-hydrogen) atoms. The van der Waals surface area contributed by atoms with Gasteiger partial charge in [0.15, 0.2) is 0 Å². The molecule has 1 aliphatic carbocycles. The molecule has 3 atom stereocenters. The van der Waals surface area contributed by atoms with Crippen molar-refractivity contribution in [3.8, 4) is 0 Å². The van der Waals surface area contributed by atoms with Crippen molar-refractivity contribution in [1.29, 1.82) is 0 Å². The molecule has 0 radical (unpaired) electrons. The highest BCUT2D eigenvalue weighted by Gasteiger charge is 2.44. The Labute approximate surface area is 159 Å². The van der Waals surface area contributed by atoms with Gasteiger partial charge in [0.25, 0.3) is 5.91 Å². The quantitative estimate of drug-likeness (QED) is 0.793. The molecule has 2 aliphatic heterocycles. The Morgan fingerprint density at radius 1 is 1.22 bits per heavy atom. The number of esters is 1. The van der Waals surface area contributed by atoms with Crippen molar-refractivity contribution in [3.63, 3.8) is 0 Å². The molecule has 2 N–H and O–H groups in total. The fourth-order valence-electron chi connectivity index (χ4n) is 4.73. The average Bonchev–Trinajstić information content (AvgIpc) is 2.96. The van der Waals surface area contributed by atoms with E-state index < -0.39 is 0 Å². The van der Waals surface area contributed by atoms with Crippen LogP contribution in [0.3, 0.4) is 0 Å². The van der Waals surface area contributed by atoms with Crippen molar-refractivity contribution in [2.24, 2.45) is 0 Å². The van der Waals surface area contributed by atoms with Crippen molar-refractivity contribution in [1.82, 2.24) is 15.5 Å². The molecule has 6 nitrogen and oxygen atoms in total. The molecule has 144 valence electrons. The number of carbonyl (C=O) groups excluding carboxylic acids is 2. The Kier molecular flexibility index (Phi) is 5.16. The van der Waals surface area contributed by atoms with Gasteiger partial charge in [-0.1, -0.05) is 43.2 Å². The van der Waals surface area contributed by atoms with Crippen molar-refractivity contribution >= 4 is 11.9 Å². The molecule has 0 spiro atoms. The molecular formula is C21H27N3O3. The van der Waals surface area contributed by atoms with Crippen molar-refractivity contribution in [2.45, 2.75) is 50.7 Å². The lowest BCUT2D eigenvalue weighted by molar-refractivity contribution is -0.146. The molecule has 4 rings (SSSR count). The van der Waals surface area contributed by atoms with Crippen molar-refractivity contribution < 1.29 is 14.3 Å². The summed E-state index contributed by atoms with van der Waals surface area (Å²) < 4.78 is 5.27. The minimum Gasteiger partial charge on any atom is -0.465 e. The van der Waals surface area contributed by atoms with Crippen LogP contribution in [0.15, 0.2) is 41.6 Å². The number of rotatable bonds is 4. The van der Waals surface area contributed by atoms with Crippen LogP contribution in [0.1, 0.15) is 44.2 Å². The summed E-state index contributed by atoms with van der Waals surface area (Å²) in [5, 5.41) is 6.61. The fourth-order valence-corrected chi connectivity index (χ4v) is 4.73. The van der Waals surface area contributed by atoms with Gasteiger partial charge in [0.2, 0.25) is 0 Å². The monoisotopic (exact) mass is 369 g/mol. The largest absolute Gasteiger partial charge is 0.465 e. The number of nitrogens with zero attached hydrogens (tertiary/aromatic N) is 1. The maximum absolute atomic E-state index is 12.8. The number of ether oxygens (including phenoxy) is 1. The average molecular weight is 369 g/mol. The maximum atomic E-state index is 12.8. The first-order valence-corrected chi connectivity index (χ1v) is 9.93. The van der Waals surface area contributed by atoms with Crippen LogP contribution in [0.4, 0.5) is 0 Å². The van der Waals surface area contributed by atoms with Crippen LogP contribution in [-0.2, 0) is 14.3 Å². The van der Waals surface area contributed by atoms with Crippen LogP contribution in [0.5, 0.6) is 0 Å². The van der Waals surface area contributed by atoms with E-state index in [1.807, 2.05) is 37.3 Å². The molecule has 0 unspecified atom stereocenters. The number of amides is 1. The first kappa shape index (κ1) is 18.0. The maximum Gasteiger partial charge on any atom is 0.320 e. The van der Waals surface area contributed by atoms with Crippen LogP contribution in [0.2, 0.25) is 0 Å². The van der Waals surface area contributed by atoms with E-state index in [-0.39, 0.29) is 36.5 Å². The molecule has 0 saturated heterocycles. The Morgan fingerprint density at radius 3 is 2.78 bits per heavy atom. The van der Waals surface area contributed by atoms with Crippen LogP contribution in [-0.4, -0.2) is 48.6 Å². The van der Waals surface area contributed by atoms with E-state index in [2.05, 4.69) is 15.5 Å². The third kappa shape index (κ3) is 3.46. The van der Waals surface area contributed by atoms with E-state index in [9.17, 15) is 9.59 Å². The topological polar surface area (TPSA) is 70.7 Å². The zero-order chi connectivity index (χ0) is 18.8. The smallest absolute Gasteiger partial charge is 0.320 e. The van der Waals surface area contributed by atoms with Gasteiger partial charge in [-0.05, 0) is 25.3 Å². The van der Waals surface area contributed by atoms with Crippen LogP contribution in [0, 0.1) is 0 Å². The molecule has 1 aromatic carbocycles. The zero-order valence-electron chi connectivity index (χ0n) is 15.7. The fraction of sp³-hybridized carbons (Fsp3) is 0.524. The van der Waals surface area contributed by atoms with Gasteiger partial charge < -0.3 is 15.4 Å². The highest BCUT2D eigenvalue weighted by atomic mass is 16.5. The summed E-state index contributed by atoms with van der Waals surface area (Å²) in [6.07, 6.45) is 4.38. The number of nitrogens with one attached hydrogen (secondary N) is 2. The molecule has 0 aromatic heterocycles. The zero-order valence-corrected chi connectivity index (χ0v) is 15.7. The summed E-state index contributed by atoms with van der Waals surface area (Å²) in [4.78, 5) is 27.4. The Morgan fingerprint density at radius 2 is 2.00 bits per heavy atom. The van der Waals surface area contributed by atoms with Gasteiger partial charge >= 0.3 is 5.97 Å². The van der Waals surface area contributed by atoms with Crippen LogP contribution in [0.25, 0.3) is 0 Å². The summed E-state index contributed by atoms with van der Waals surface area (Å²) in [5.41, 5.74) is 2.77. The summed E-state index contributed by atoms with van der Waals surface area (Å²) in [6.45, 7) is 2.92. The van der Waals surface area contributed by atoms with Gasteiger partial charge in [0.05, 0.1) is 31.3 Å². The Bertz CT molecular complexity index is 746. The second kappa shape index (κ2) is 7.72. The summed E-state index contributed by atoms with van der Waals surface area (Å²) in [6, 6.07) is 10.2. The summed E-state index contributed by atoms with van der Waals surface area (Å²) >= 11 is 0. The number of fused-ring (bicyclic) bond motifs is 1. The third-order valence-corrected chi connectivity index (χ3v) is 5.85. The molecule has 0 bridgehead atoms. The van der Waals surface area contributed by atoms with Gasteiger partial charge in [0, 0.05) is 17.8 Å². The molecule has 6 heteroatoms. The van der Waals surface area contributed by atoms with Gasteiger partial charge in [-0.15, -0.1) is 0 Å². The standard InChI is InChI=1S/C21H27N3O3/c1-2-27-18(25)13-24-17-11-7-6-10-15(17)23-16-12-22-21(26)19(16)20(24)14-8-4-3-5-9-14/h3-5,8-9,15,17,20,23H,2,6-7,10-13H2,1H3,(H,22,26)/t15-,17-,20-/m1/s1. The number of hydrogen-bond donors (Lipinski definition) is 2. The van der Waals surface area contributed by atoms with Gasteiger partial charge in [0.1, 0.15) is 0 Å². The SMILES string of the molecule is CCOC(=O)CN1[C@@H]2CCCC[C@H]2NC2=C(C(=O)NC2)[C@H]1c1ccccc1. The lowest BCUT2D eigenvalue weighted by Crippen LogP contribution is -2.53. The third-order valence-electron chi connectivity index (χ3n) is 5.85. The summed E-state index contributed by atoms with van der Waals surface area (Å²) in [7, 11) is 0. The Balaban J connectivity index is 1.80. The molecule has 3 aliphatic rings. The molecule has 1 saturated carbocycles. The van der Waals surface area contributed by atoms with Crippen molar-refractivity contribution in [2.75, 3.05) is 19.7 Å². The Hall–Kier alpha value is -2.34. The van der Waals surface area contributed by atoms with Crippen LogP contribution < -0.4 is 10.6 Å².